The standard InChI is InChI=1S/C14H14F2N2O2S/c1-2-18(13-5-3-10(15)4-6-13)21(19,20)14-8-11(16)7-12(17)9-14/h3-9H,2,17H2,1H3. The van der Waals surface area contributed by atoms with Crippen LogP contribution in [0.15, 0.2) is 47.4 Å². The second-order valence-electron chi connectivity index (χ2n) is 4.37. The molecule has 0 aromatic heterocycles. The van der Waals surface area contributed by atoms with E-state index in [2.05, 4.69) is 0 Å². The number of anilines is 2. The topological polar surface area (TPSA) is 63.4 Å². The lowest BCUT2D eigenvalue weighted by Crippen LogP contribution is -2.30. The molecule has 2 aromatic rings. The fraction of sp³-hybridized carbons (Fsp3) is 0.143. The highest BCUT2D eigenvalue weighted by molar-refractivity contribution is 7.92. The number of hydrogen-bond donors (Lipinski definition) is 1. The molecule has 2 N–H and O–H groups in total. The second-order valence-corrected chi connectivity index (χ2v) is 6.23. The average Bonchev–Trinajstić information content (AvgIpc) is 2.40. The maximum absolute atomic E-state index is 13.4. The summed E-state index contributed by atoms with van der Waals surface area (Å²) in [5.41, 5.74) is 5.79. The molecule has 0 saturated heterocycles. The number of hydrogen-bond acceptors (Lipinski definition) is 3. The van der Waals surface area contributed by atoms with Gasteiger partial charge in [0.05, 0.1) is 10.6 Å². The van der Waals surface area contributed by atoms with Crippen molar-refractivity contribution in [3.8, 4) is 0 Å². The molecule has 7 heteroatoms. The number of halogens is 2. The van der Waals surface area contributed by atoms with Crippen molar-refractivity contribution in [2.45, 2.75) is 11.8 Å². The lowest BCUT2D eigenvalue weighted by Gasteiger charge is -2.23. The van der Waals surface area contributed by atoms with Crippen LogP contribution in [0, 0.1) is 11.6 Å². The molecule has 0 saturated carbocycles. The van der Waals surface area contributed by atoms with Gasteiger partial charge in [0.1, 0.15) is 11.6 Å². The lowest BCUT2D eigenvalue weighted by atomic mass is 10.3. The molecule has 0 amide bonds. The van der Waals surface area contributed by atoms with Crippen LogP contribution in [0.2, 0.25) is 0 Å². The maximum Gasteiger partial charge on any atom is 0.264 e. The van der Waals surface area contributed by atoms with Crippen molar-refractivity contribution in [2.24, 2.45) is 0 Å². The summed E-state index contributed by atoms with van der Waals surface area (Å²) in [4.78, 5) is -0.244. The molecule has 0 spiro atoms. The van der Waals surface area contributed by atoms with E-state index in [9.17, 15) is 17.2 Å². The van der Waals surface area contributed by atoms with E-state index < -0.39 is 21.7 Å². The molecular weight excluding hydrogens is 298 g/mol. The zero-order chi connectivity index (χ0) is 15.6. The quantitative estimate of drug-likeness (QED) is 0.883. The first-order valence-corrected chi connectivity index (χ1v) is 7.63. The van der Waals surface area contributed by atoms with Gasteiger partial charge in [-0.3, -0.25) is 4.31 Å². The Hall–Kier alpha value is -2.15. The van der Waals surface area contributed by atoms with Crippen molar-refractivity contribution in [3.05, 3.63) is 54.1 Å². The van der Waals surface area contributed by atoms with Gasteiger partial charge in [-0.25, -0.2) is 17.2 Å². The van der Waals surface area contributed by atoms with Crippen molar-refractivity contribution in [1.82, 2.24) is 0 Å². The van der Waals surface area contributed by atoms with Crippen LogP contribution in [-0.2, 0) is 10.0 Å². The molecule has 0 atom stereocenters. The van der Waals surface area contributed by atoms with Gasteiger partial charge in [-0.15, -0.1) is 0 Å². The SMILES string of the molecule is CCN(c1ccc(F)cc1)S(=O)(=O)c1cc(N)cc(F)c1. The van der Waals surface area contributed by atoms with Crippen molar-refractivity contribution in [2.75, 3.05) is 16.6 Å². The third-order valence-corrected chi connectivity index (χ3v) is 4.76. The molecule has 0 radical (unpaired) electrons. The first-order valence-electron chi connectivity index (χ1n) is 6.19. The minimum atomic E-state index is -3.97. The molecule has 0 heterocycles. The van der Waals surface area contributed by atoms with E-state index in [1.54, 1.807) is 6.92 Å². The lowest BCUT2D eigenvalue weighted by molar-refractivity contribution is 0.587. The highest BCUT2D eigenvalue weighted by Gasteiger charge is 2.24. The Morgan fingerprint density at radius 3 is 2.19 bits per heavy atom. The van der Waals surface area contributed by atoms with Crippen LogP contribution in [0.5, 0.6) is 0 Å². The van der Waals surface area contributed by atoms with Gasteiger partial charge in [-0.05, 0) is 49.4 Å². The molecule has 0 aliphatic carbocycles. The number of rotatable bonds is 4. The van der Waals surface area contributed by atoms with Gasteiger partial charge in [0.2, 0.25) is 0 Å². The molecule has 0 bridgehead atoms. The van der Waals surface area contributed by atoms with E-state index in [1.807, 2.05) is 0 Å². The maximum atomic E-state index is 13.4. The van der Waals surface area contributed by atoms with Gasteiger partial charge in [-0.1, -0.05) is 0 Å². The number of nitrogens with zero attached hydrogens (tertiary/aromatic N) is 1. The molecule has 112 valence electrons. The van der Waals surface area contributed by atoms with Crippen LogP contribution in [0.4, 0.5) is 20.2 Å². The molecule has 21 heavy (non-hydrogen) atoms. The highest BCUT2D eigenvalue weighted by atomic mass is 32.2. The van der Waals surface area contributed by atoms with Crippen LogP contribution in [0.25, 0.3) is 0 Å². The first-order chi connectivity index (χ1) is 9.84. The van der Waals surface area contributed by atoms with Gasteiger partial charge in [0.15, 0.2) is 0 Å². The van der Waals surface area contributed by atoms with Crippen LogP contribution in [0.3, 0.4) is 0 Å². The van der Waals surface area contributed by atoms with Crippen molar-refractivity contribution < 1.29 is 17.2 Å². The predicted molar refractivity (Wildman–Crippen MR) is 77.4 cm³/mol. The van der Waals surface area contributed by atoms with Gasteiger partial charge in [0.25, 0.3) is 10.0 Å². The van der Waals surface area contributed by atoms with Gasteiger partial charge in [0, 0.05) is 12.2 Å². The van der Waals surface area contributed by atoms with E-state index in [0.29, 0.717) is 5.69 Å². The van der Waals surface area contributed by atoms with Gasteiger partial charge >= 0.3 is 0 Å². The van der Waals surface area contributed by atoms with E-state index in [0.717, 1.165) is 28.6 Å². The van der Waals surface area contributed by atoms with Crippen molar-refractivity contribution in [1.29, 1.82) is 0 Å². The summed E-state index contributed by atoms with van der Waals surface area (Å²) in [6.45, 7) is 1.74. The van der Waals surface area contributed by atoms with Crippen LogP contribution in [0.1, 0.15) is 6.92 Å². The number of nitrogen functional groups attached to an aromatic ring is 1. The molecular formula is C14H14F2N2O2S. The summed E-state index contributed by atoms with van der Waals surface area (Å²) in [5.74, 6) is -1.20. The Bertz CT molecular complexity index is 726. The number of benzene rings is 2. The van der Waals surface area contributed by atoms with E-state index in [1.165, 1.54) is 18.2 Å². The van der Waals surface area contributed by atoms with Crippen LogP contribution >= 0.6 is 0 Å². The molecule has 0 fully saturated rings. The van der Waals surface area contributed by atoms with Crippen molar-refractivity contribution >= 4 is 21.4 Å². The minimum Gasteiger partial charge on any atom is -0.399 e. The predicted octanol–water partition coefficient (Wildman–Crippen LogP) is 2.76. The third-order valence-electron chi connectivity index (χ3n) is 2.88. The second kappa shape index (κ2) is 5.69. The summed E-state index contributed by atoms with van der Waals surface area (Å²) < 4.78 is 52.5. The molecule has 0 aliphatic heterocycles. The number of nitrogens with two attached hydrogens (primary N) is 1. The zero-order valence-electron chi connectivity index (χ0n) is 11.3. The largest absolute Gasteiger partial charge is 0.399 e. The summed E-state index contributed by atoms with van der Waals surface area (Å²) >= 11 is 0. The van der Waals surface area contributed by atoms with E-state index >= 15 is 0 Å². The fourth-order valence-electron chi connectivity index (χ4n) is 1.96. The molecule has 4 nitrogen and oxygen atoms in total. The van der Waals surface area contributed by atoms with Gasteiger partial charge in [-0.2, -0.15) is 0 Å². The molecule has 0 aliphatic rings. The zero-order valence-corrected chi connectivity index (χ0v) is 12.1. The summed E-state index contributed by atoms with van der Waals surface area (Å²) in [5, 5.41) is 0. The van der Waals surface area contributed by atoms with Gasteiger partial charge < -0.3 is 5.73 Å². The summed E-state index contributed by atoms with van der Waals surface area (Å²) in [7, 11) is -3.97. The Morgan fingerprint density at radius 2 is 1.67 bits per heavy atom. The summed E-state index contributed by atoms with van der Waals surface area (Å²) in [6.07, 6.45) is 0. The fourth-order valence-corrected chi connectivity index (χ4v) is 3.50. The monoisotopic (exact) mass is 312 g/mol. The normalized spacial score (nSPS) is 11.4. The van der Waals surface area contributed by atoms with Crippen molar-refractivity contribution in [3.63, 3.8) is 0 Å². The molecule has 2 aromatic carbocycles. The molecule has 2 rings (SSSR count). The van der Waals surface area contributed by atoms with E-state index in [4.69, 9.17) is 5.73 Å². The Balaban J connectivity index is 2.51. The van der Waals surface area contributed by atoms with E-state index in [-0.39, 0.29) is 17.1 Å². The third kappa shape index (κ3) is 3.13. The highest BCUT2D eigenvalue weighted by Crippen LogP contribution is 2.25. The smallest absolute Gasteiger partial charge is 0.264 e. The Labute approximate surface area is 121 Å². The van der Waals surface area contributed by atoms with Crippen LogP contribution < -0.4 is 10.0 Å². The summed E-state index contributed by atoms with van der Waals surface area (Å²) in [6, 6.07) is 8.13. The average molecular weight is 312 g/mol. The minimum absolute atomic E-state index is 0.0173. The Kier molecular flexibility index (Phi) is 4.13. The molecule has 0 unspecified atom stereocenters. The number of sulfonamides is 1. The first kappa shape index (κ1) is 15.2. The Morgan fingerprint density at radius 1 is 1.05 bits per heavy atom. The van der Waals surface area contributed by atoms with Crippen LogP contribution in [-0.4, -0.2) is 15.0 Å².